The molecule has 4 rings (SSSR count). The molecule has 0 fully saturated rings. The normalized spacial score (nSPS) is 10.8. The third kappa shape index (κ3) is 6.58. The second-order valence-corrected chi connectivity index (χ2v) is 8.43. The molecular weight excluding hydrogens is 467 g/mol. The summed E-state index contributed by atoms with van der Waals surface area (Å²) in [5, 5.41) is 8.15. The standard InChI is InChI=1S/C26H21FN4O3S/c1-17-29-20(16-35-17)15-34-24-8-3-2-6-18(24)9-12-25(32)30-23-14-19(27)10-11-21(23)31-26(33)22-7-4-5-13-28-22/h2-14,16H,15H2,1H3,(H,30,32)(H,31,33). The predicted molar refractivity (Wildman–Crippen MR) is 134 cm³/mol. The van der Waals surface area contributed by atoms with Gasteiger partial charge in [0.15, 0.2) is 0 Å². The van der Waals surface area contributed by atoms with Crippen LogP contribution in [-0.4, -0.2) is 21.8 Å². The Morgan fingerprint density at radius 1 is 1.06 bits per heavy atom. The summed E-state index contributed by atoms with van der Waals surface area (Å²) in [6, 6.07) is 15.9. The number of benzene rings is 2. The lowest BCUT2D eigenvalue weighted by Crippen LogP contribution is -2.16. The highest BCUT2D eigenvalue weighted by Gasteiger charge is 2.12. The highest BCUT2D eigenvalue weighted by atomic mass is 32.1. The van der Waals surface area contributed by atoms with Gasteiger partial charge in [-0.3, -0.25) is 14.6 Å². The van der Waals surface area contributed by atoms with Crippen LogP contribution < -0.4 is 15.4 Å². The van der Waals surface area contributed by atoms with Crippen molar-refractivity contribution in [1.29, 1.82) is 0 Å². The monoisotopic (exact) mass is 488 g/mol. The van der Waals surface area contributed by atoms with Crippen molar-refractivity contribution in [2.24, 2.45) is 0 Å². The third-order valence-corrected chi connectivity index (χ3v) is 5.58. The van der Waals surface area contributed by atoms with Gasteiger partial charge in [0.25, 0.3) is 5.91 Å². The van der Waals surface area contributed by atoms with Crippen molar-refractivity contribution >= 4 is 40.6 Å². The van der Waals surface area contributed by atoms with Crippen LogP contribution in [0, 0.1) is 12.7 Å². The smallest absolute Gasteiger partial charge is 0.274 e. The summed E-state index contributed by atoms with van der Waals surface area (Å²) in [6.07, 6.45) is 4.40. The minimum Gasteiger partial charge on any atom is -0.487 e. The Balaban J connectivity index is 1.45. The first-order valence-corrected chi connectivity index (χ1v) is 11.5. The van der Waals surface area contributed by atoms with E-state index in [4.69, 9.17) is 4.74 Å². The molecule has 176 valence electrons. The van der Waals surface area contributed by atoms with E-state index in [9.17, 15) is 14.0 Å². The molecule has 2 heterocycles. The Morgan fingerprint density at radius 2 is 1.89 bits per heavy atom. The van der Waals surface area contributed by atoms with E-state index in [2.05, 4.69) is 20.6 Å². The van der Waals surface area contributed by atoms with Crippen LogP contribution in [0.3, 0.4) is 0 Å². The van der Waals surface area contributed by atoms with Crippen LogP contribution in [0.25, 0.3) is 6.08 Å². The second kappa shape index (κ2) is 11.2. The first kappa shape index (κ1) is 23.8. The van der Waals surface area contributed by atoms with E-state index in [0.29, 0.717) is 17.9 Å². The molecule has 0 spiro atoms. The topological polar surface area (TPSA) is 93.2 Å². The van der Waals surface area contributed by atoms with Gasteiger partial charge in [0.2, 0.25) is 5.91 Å². The zero-order valence-electron chi connectivity index (χ0n) is 18.7. The number of nitrogens with one attached hydrogen (secondary N) is 2. The molecule has 0 bridgehead atoms. The molecule has 0 radical (unpaired) electrons. The molecule has 7 nitrogen and oxygen atoms in total. The van der Waals surface area contributed by atoms with Gasteiger partial charge in [0.1, 0.15) is 23.9 Å². The fraction of sp³-hybridized carbons (Fsp3) is 0.0769. The van der Waals surface area contributed by atoms with Crippen molar-refractivity contribution < 1.29 is 18.7 Å². The molecule has 0 aliphatic heterocycles. The summed E-state index contributed by atoms with van der Waals surface area (Å²) in [4.78, 5) is 33.4. The number of nitrogens with zero attached hydrogens (tertiary/aromatic N) is 2. The van der Waals surface area contributed by atoms with Crippen molar-refractivity contribution in [3.05, 3.63) is 106 Å². The Hall–Kier alpha value is -4.37. The lowest BCUT2D eigenvalue weighted by atomic mass is 10.2. The van der Waals surface area contributed by atoms with E-state index in [1.54, 1.807) is 41.7 Å². The molecule has 2 amide bonds. The van der Waals surface area contributed by atoms with Crippen LogP contribution >= 0.6 is 11.3 Å². The Bertz CT molecular complexity index is 1370. The van der Waals surface area contributed by atoms with Crippen molar-refractivity contribution in [3.63, 3.8) is 0 Å². The lowest BCUT2D eigenvalue weighted by molar-refractivity contribution is -0.111. The van der Waals surface area contributed by atoms with Gasteiger partial charge in [0, 0.05) is 23.2 Å². The number of carbonyl (C=O) groups excluding carboxylic acids is 2. The van der Waals surface area contributed by atoms with E-state index in [-0.39, 0.29) is 17.1 Å². The minimum atomic E-state index is -0.559. The predicted octanol–water partition coefficient (Wildman–Crippen LogP) is 5.47. The highest BCUT2D eigenvalue weighted by molar-refractivity contribution is 7.09. The number of halogens is 1. The SMILES string of the molecule is Cc1nc(COc2ccccc2C=CC(=O)Nc2cc(F)ccc2NC(=O)c2ccccn2)cs1. The number of aromatic nitrogens is 2. The molecule has 2 aromatic heterocycles. The van der Waals surface area contributed by atoms with Crippen LogP contribution in [0.2, 0.25) is 0 Å². The maximum Gasteiger partial charge on any atom is 0.274 e. The number of anilines is 2. The fourth-order valence-electron chi connectivity index (χ4n) is 3.13. The summed E-state index contributed by atoms with van der Waals surface area (Å²) in [5.74, 6) is -0.953. The van der Waals surface area contributed by atoms with Crippen molar-refractivity contribution in [3.8, 4) is 5.75 Å². The van der Waals surface area contributed by atoms with Crippen LogP contribution in [0.15, 0.2) is 78.3 Å². The number of hydrogen-bond donors (Lipinski definition) is 2. The first-order chi connectivity index (χ1) is 17.0. The van der Waals surface area contributed by atoms with Crippen molar-refractivity contribution in [2.75, 3.05) is 10.6 Å². The van der Waals surface area contributed by atoms with Gasteiger partial charge < -0.3 is 15.4 Å². The molecular formula is C26H21FN4O3S. The second-order valence-electron chi connectivity index (χ2n) is 7.37. The number of amides is 2. The minimum absolute atomic E-state index is 0.118. The van der Waals surface area contributed by atoms with Gasteiger partial charge in [-0.05, 0) is 49.4 Å². The van der Waals surface area contributed by atoms with E-state index in [0.717, 1.165) is 16.8 Å². The molecule has 0 aliphatic carbocycles. The average molecular weight is 489 g/mol. The van der Waals surface area contributed by atoms with Crippen LogP contribution in [0.4, 0.5) is 15.8 Å². The molecule has 0 saturated heterocycles. The van der Waals surface area contributed by atoms with E-state index in [1.807, 2.05) is 30.5 Å². The van der Waals surface area contributed by atoms with E-state index in [1.165, 1.54) is 24.4 Å². The number of rotatable bonds is 8. The Kier molecular flexibility index (Phi) is 7.59. The van der Waals surface area contributed by atoms with Gasteiger partial charge in [-0.25, -0.2) is 9.37 Å². The fourth-order valence-corrected chi connectivity index (χ4v) is 3.73. The summed E-state index contributed by atoms with van der Waals surface area (Å²) >= 11 is 1.55. The molecule has 4 aromatic rings. The number of hydrogen-bond acceptors (Lipinski definition) is 6. The summed E-state index contributed by atoms with van der Waals surface area (Å²) < 4.78 is 19.7. The lowest BCUT2D eigenvalue weighted by Gasteiger charge is -2.11. The van der Waals surface area contributed by atoms with Gasteiger partial charge in [-0.15, -0.1) is 11.3 Å². The Morgan fingerprint density at radius 3 is 2.66 bits per heavy atom. The number of thiazole rings is 1. The molecule has 2 N–H and O–H groups in total. The molecule has 0 unspecified atom stereocenters. The summed E-state index contributed by atoms with van der Waals surface area (Å²) in [7, 11) is 0. The van der Waals surface area contributed by atoms with E-state index < -0.39 is 17.6 Å². The van der Waals surface area contributed by atoms with Crippen LogP contribution in [0.5, 0.6) is 5.75 Å². The maximum absolute atomic E-state index is 13.9. The number of carbonyl (C=O) groups is 2. The van der Waals surface area contributed by atoms with Crippen LogP contribution in [0.1, 0.15) is 26.8 Å². The van der Waals surface area contributed by atoms with Crippen molar-refractivity contribution in [2.45, 2.75) is 13.5 Å². The molecule has 2 aromatic carbocycles. The summed E-state index contributed by atoms with van der Waals surface area (Å²) in [6.45, 7) is 2.24. The zero-order valence-corrected chi connectivity index (χ0v) is 19.5. The zero-order chi connectivity index (χ0) is 24.6. The molecule has 35 heavy (non-hydrogen) atoms. The molecule has 0 atom stereocenters. The quantitative estimate of drug-likeness (QED) is 0.321. The maximum atomic E-state index is 13.9. The average Bonchev–Trinajstić information content (AvgIpc) is 3.29. The summed E-state index contributed by atoms with van der Waals surface area (Å²) in [5.41, 5.74) is 2.07. The van der Waals surface area contributed by atoms with Gasteiger partial charge >= 0.3 is 0 Å². The number of aryl methyl sites for hydroxylation is 1. The van der Waals surface area contributed by atoms with Gasteiger partial charge in [-0.1, -0.05) is 24.3 Å². The molecule has 0 saturated carbocycles. The van der Waals surface area contributed by atoms with Crippen molar-refractivity contribution in [1.82, 2.24) is 9.97 Å². The largest absolute Gasteiger partial charge is 0.487 e. The first-order valence-electron chi connectivity index (χ1n) is 10.6. The van der Waals surface area contributed by atoms with Gasteiger partial charge in [-0.2, -0.15) is 0 Å². The van der Waals surface area contributed by atoms with Crippen LogP contribution in [-0.2, 0) is 11.4 Å². The Labute approximate surface area is 205 Å². The highest BCUT2D eigenvalue weighted by Crippen LogP contribution is 2.24. The number of ether oxygens (including phenoxy) is 1. The number of para-hydroxylation sites is 1. The number of pyridine rings is 1. The third-order valence-electron chi connectivity index (χ3n) is 4.76. The molecule has 0 aliphatic rings. The molecule has 9 heteroatoms. The van der Waals surface area contributed by atoms with Gasteiger partial charge in [0.05, 0.1) is 22.1 Å². The van der Waals surface area contributed by atoms with E-state index >= 15 is 0 Å².